The molecule has 54 heavy (non-hydrogen) atoms. The van der Waals surface area contributed by atoms with E-state index < -0.39 is 0 Å². The Bertz CT molecular complexity index is 3340. The molecule has 0 spiro atoms. The lowest BCUT2D eigenvalue weighted by Gasteiger charge is -2.25. The van der Waals surface area contributed by atoms with Gasteiger partial charge >= 0.3 is 0 Å². The molecule has 9 aromatic carbocycles. The Morgan fingerprint density at radius 3 is 1.61 bits per heavy atom. The third-order valence-corrected chi connectivity index (χ3v) is 12.0. The average molecular weight is 685 g/mol. The molecule has 0 saturated carbocycles. The normalized spacial score (nSPS) is 13.1. The van der Waals surface area contributed by atoms with Crippen LogP contribution in [0.2, 0.25) is 0 Å². The Kier molecular flexibility index (Phi) is 6.20. The summed E-state index contributed by atoms with van der Waals surface area (Å²) in [6.07, 6.45) is 12.4. The summed E-state index contributed by atoms with van der Waals surface area (Å²) >= 11 is 0. The molecule has 0 amide bonds. The topological polar surface area (TPSA) is 25.8 Å². The van der Waals surface area contributed by atoms with Crippen molar-refractivity contribution in [3.63, 3.8) is 0 Å². The lowest BCUT2D eigenvalue weighted by atomic mass is 9.78. The van der Waals surface area contributed by atoms with Crippen LogP contribution in [0.5, 0.6) is 0 Å². The van der Waals surface area contributed by atoms with Crippen molar-refractivity contribution in [1.82, 2.24) is 9.97 Å². The molecule has 0 bridgehead atoms. The Hall–Kier alpha value is -6.90. The fraction of sp³-hybridized carbons (Fsp3) is 0.0385. The third-order valence-electron chi connectivity index (χ3n) is 12.0. The number of fused-ring (bicyclic) bond motifs is 15. The van der Waals surface area contributed by atoms with E-state index in [1.54, 1.807) is 0 Å². The van der Waals surface area contributed by atoms with Gasteiger partial charge in [-0.1, -0.05) is 115 Å². The molecule has 0 saturated heterocycles. The van der Waals surface area contributed by atoms with E-state index >= 15 is 0 Å². The predicted octanol–water partition coefficient (Wildman–Crippen LogP) is 13.9. The van der Waals surface area contributed by atoms with E-state index in [0.717, 1.165) is 12.8 Å². The van der Waals surface area contributed by atoms with Crippen LogP contribution in [0, 0.1) is 0 Å². The van der Waals surface area contributed by atoms with Gasteiger partial charge in [-0.15, -0.1) is 0 Å². The summed E-state index contributed by atoms with van der Waals surface area (Å²) in [7, 11) is 0. The first-order valence-electron chi connectivity index (χ1n) is 18.8. The molecule has 2 aromatic heterocycles. The molecule has 0 fully saturated rings. The van der Waals surface area contributed by atoms with Crippen LogP contribution in [0.3, 0.4) is 0 Å². The van der Waals surface area contributed by atoms with E-state index in [4.69, 9.17) is 0 Å². The van der Waals surface area contributed by atoms with Crippen molar-refractivity contribution in [2.45, 2.75) is 12.8 Å². The summed E-state index contributed by atoms with van der Waals surface area (Å²) in [5.74, 6) is 0. The first-order valence-corrected chi connectivity index (χ1v) is 18.8. The Labute approximate surface area is 311 Å². The summed E-state index contributed by atoms with van der Waals surface area (Å²) in [6, 6.07) is 51.8. The quantitative estimate of drug-likeness (QED) is 0.134. The summed E-state index contributed by atoms with van der Waals surface area (Å²) in [5, 5.41) is 20.3. The van der Waals surface area contributed by atoms with Gasteiger partial charge in [0.15, 0.2) is 0 Å². The van der Waals surface area contributed by atoms with E-state index in [0.29, 0.717) is 0 Å². The van der Waals surface area contributed by atoms with Crippen LogP contribution in [-0.4, -0.2) is 9.97 Å². The highest BCUT2D eigenvalue weighted by atomic mass is 14.6. The maximum absolute atomic E-state index is 4.63. The maximum Gasteiger partial charge on any atom is 0.0352 e. The molecular weight excluding hydrogens is 653 g/mol. The van der Waals surface area contributed by atoms with Gasteiger partial charge in [0, 0.05) is 35.6 Å². The van der Waals surface area contributed by atoms with Crippen molar-refractivity contribution in [2.24, 2.45) is 0 Å². The molecule has 0 N–H and O–H groups in total. The minimum atomic E-state index is 0.971. The fourth-order valence-corrected chi connectivity index (χ4v) is 9.76. The van der Waals surface area contributed by atoms with Crippen LogP contribution in [0.4, 0.5) is 0 Å². The molecule has 2 nitrogen and oxygen atoms in total. The monoisotopic (exact) mass is 684 g/mol. The van der Waals surface area contributed by atoms with Crippen LogP contribution in [-0.2, 0) is 6.42 Å². The van der Waals surface area contributed by atoms with Crippen molar-refractivity contribution in [2.75, 3.05) is 0 Å². The third kappa shape index (κ3) is 4.17. The molecule has 0 aliphatic heterocycles. The zero-order valence-electron chi connectivity index (χ0n) is 29.5. The molecule has 1 aliphatic carbocycles. The smallest absolute Gasteiger partial charge is 0.0352 e. The minimum Gasteiger partial charge on any atom is -0.264 e. The number of benzene rings is 9. The maximum atomic E-state index is 4.63. The molecule has 1 aliphatic rings. The van der Waals surface area contributed by atoms with Crippen molar-refractivity contribution < 1.29 is 0 Å². The van der Waals surface area contributed by atoms with Crippen molar-refractivity contribution >= 4 is 97.8 Å². The molecule has 11 aromatic rings. The molecule has 0 atom stereocenters. The molecular formula is C52H32N2. The molecule has 2 heteroatoms. The number of aromatic nitrogens is 2. The van der Waals surface area contributed by atoms with Gasteiger partial charge in [0.2, 0.25) is 0 Å². The lowest BCUT2D eigenvalue weighted by Crippen LogP contribution is -2.03. The van der Waals surface area contributed by atoms with Crippen LogP contribution < -0.4 is 0 Å². The molecule has 250 valence electrons. The van der Waals surface area contributed by atoms with Crippen molar-refractivity contribution in [3.05, 3.63) is 181 Å². The Morgan fingerprint density at radius 1 is 0.370 bits per heavy atom. The zero-order valence-corrected chi connectivity index (χ0v) is 29.5. The zero-order chi connectivity index (χ0) is 35.3. The van der Waals surface area contributed by atoms with Crippen molar-refractivity contribution in [3.8, 4) is 11.1 Å². The number of pyridine rings is 2. The summed E-state index contributed by atoms with van der Waals surface area (Å²) in [4.78, 5) is 9.23. The summed E-state index contributed by atoms with van der Waals surface area (Å²) < 4.78 is 0. The van der Waals surface area contributed by atoms with Gasteiger partial charge in [0.05, 0.1) is 0 Å². The van der Waals surface area contributed by atoms with Gasteiger partial charge in [0.25, 0.3) is 0 Å². The predicted molar refractivity (Wildman–Crippen MR) is 230 cm³/mol. The van der Waals surface area contributed by atoms with Crippen LogP contribution in [0.25, 0.3) is 109 Å². The number of hydrogen-bond acceptors (Lipinski definition) is 2. The number of aryl methyl sites for hydroxylation is 1. The highest BCUT2D eigenvalue weighted by Gasteiger charge is 2.24. The summed E-state index contributed by atoms with van der Waals surface area (Å²) in [6.45, 7) is 0. The highest BCUT2D eigenvalue weighted by Crippen LogP contribution is 2.48. The van der Waals surface area contributed by atoms with E-state index in [1.165, 1.54) is 120 Å². The lowest BCUT2D eigenvalue weighted by molar-refractivity contribution is 1.02. The van der Waals surface area contributed by atoms with Crippen molar-refractivity contribution in [1.29, 1.82) is 0 Å². The Balaban J connectivity index is 1.25. The van der Waals surface area contributed by atoms with Gasteiger partial charge in [-0.25, -0.2) is 0 Å². The van der Waals surface area contributed by atoms with Gasteiger partial charge < -0.3 is 0 Å². The van der Waals surface area contributed by atoms with Gasteiger partial charge in [0.1, 0.15) is 0 Å². The van der Waals surface area contributed by atoms with E-state index in [-0.39, 0.29) is 0 Å². The first kappa shape index (κ1) is 29.7. The molecule has 12 rings (SSSR count). The second kappa shape index (κ2) is 11.3. The molecule has 0 radical (unpaired) electrons. The standard InChI is InChI=1S/C52H32N2/c1-3-11-37-31(9-1)25-33-21-23-53-29-47(33)49(37)35-17-19-41-39-13-5-8-16-44(39)52-46-28-36(18-20-42(46)40-14-6-7-15-43(40)51(52)45(41)27-35)50-38-12-4-2-10-32(38)26-34-22-24-54-30-48(34)50/h1-17,19,21-30H,18,20H2. The van der Waals surface area contributed by atoms with Gasteiger partial charge in [-0.2, -0.15) is 0 Å². The van der Waals surface area contributed by atoms with Gasteiger partial charge in [-0.3, -0.25) is 9.97 Å². The minimum absolute atomic E-state index is 0.971. The number of allylic oxidation sites excluding steroid dienone is 1. The molecule has 0 unspecified atom stereocenters. The van der Waals surface area contributed by atoms with E-state index in [9.17, 15) is 0 Å². The summed E-state index contributed by atoms with van der Waals surface area (Å²) in [5.41, 5.74) is 7.92. The number of nitrogens with zero attached hydrogens (tertiary/aromatic N) is 2. The SMILES string of the molecule is C1=C(c2c3ccccc3cc3ccncc23)CCc2c1c1c3ccccc3c3ccc(-c4c5ccccc5cc5ccncc45)cc3c1c1ccccc21. The Morgan fingerprint density at radius 2 is 0.907 bits per heavy atom. The van der Waals surface area contributed by atoms with E-state index in [1.807, 2.05) is 18.6 Å². The number of rotatable bonds is 2. The van der Waals surface area contributed by atoms with Crippen LogP contribution >= 0.6 is 0 Å². The molecule has 2 heterocycles. The van der Waals surface area contributed by atoms with E-state index in [2.05, 4.69) is 162 Å². The second-order valence-corrected chi connectivity index (χ2v) is 14.8. The first-order chi connectivity index (χ1) is 26.8. The fourth-order valence-electron chi connectivity index (χ4n) is 9.76. The highest BCUT2D eigenvalue weighted by molar-refractivity contribution is 6.35. The average Bonchev–Trinajstić information content (AvgIpc) is 3.24. The largest absolute Gasteiger partial charge is 0.264 e. The second-order valence-electron chi connectivity index (χ2n) is 14.8. The number of hydrogen-bond donors (Lipinski definition) is 0. The van der Waals surface area contributed by atoms with Gasteiger partial charge in [-0.05, 0) is 152 Å². The van der Waals surface area contributed by atoms with Crippen LogP contribution in [0.15, 0.2) is 164 Å². The van der Waals surface area contributed by atoms with Crippen LogP contribution in [0.1, 0.15) is 23.1 Å².